The van der Waals surface area contributed by atoms with Gasteiger partial charge in [0.2, 0.25) is 0 Å². The minimum absolute atomic E-state index is 0.0539. The molecule has 8 heteroatoms. The van der Waals surface area contributed by atoms with E-state index in [2.05, 4.69) is 26.8 Å². The molecule has 4 heterocycles. The second kappa shape index (κ2) is 6.51. The molecular weight excluding hydrogens is 336 g/mol. The molecule has 0 bridgehead atoms. The van der Waals surface area contributed by atoms with Crippen LogP contribution in [0.15, 0.2) is 18.3 Å². The number of fused-ring (bicyclic) bond motifs is 1. The molecule has 4 rings (SSSR count). The Hall–Kier alpha value is -2.35. The first-order valence-electron chi connectivity index (χ1n) is 8.56. The quantitative estimate of drug-likeness (QED) is 0.720. The van der Waals surface area contributed by atoms with E-state index in [-0.39, 0.29) is 11.8 Å². The van der Waals surface area contributed by atoms with Gasteiger partial charge in [-0.1, -0.05) is 11.4 Å². The third kappa shape index (κ3) is 2.90. The molecule has 3 aromatic rings. The number of amides is 1. The number of nitrogens with zero attached hydrogens (tertiary/aromatic N) is 6. The first-order chi connectivity index (χ1) is 12.2. The van der Waals surface area contributed by atoms with Crippen LogP contribution < -0.4 is 0 Å². The fraction of sp³-hybridized carbons (Fsp3) is 0.471. The van der Waals surface area contributed by atoms with E-state index in [4.69, 9.17) is 4.98 Å². The smallest absolute Gasteiger partial charge is 0.267 e. The Morgan fingerprint density at radius 3 is 3.12 bits per heavy atom. The van der Waals surface area contributed by atoms with Gasteiger partial charge in [-0.15, -0.1) is 5.10 Å². The van der Waals surface area contributed by atoms with Crippen molar-refractivity contribution in [2.75, 3.05) is 13.1 Å². The van der Waals surface area contributed by atoms with E-state index in [1.54, 1.807) is 4.68 Å². The summed E-state index contributed by atoms with van der Waals surface area (Å²) in [5.74, 6) is 0.307. The normalized spacial score (nSPS) is 18.0. The van der Waals surface area contributed by atoms with E-state index < -0.39 is 0 Å². The Kier molecular flexibility index (Phi) is 4.20. The first-order valence-corrected chi connectivity index (χ1v) is 9.34. The molecule has 1 aliphatic rings. The molecule has 0 aromatic carbocycles. The summed E-state index contributed by atoms with van der Waals surface area (Å²) in [4.78, 5) is 20.3. The zero-order valence-corrected chi connectivity index (χ0v) is 15.2. The molecule has 0 N–H and O–H groups in total. The fourth-order valence-electron chi connectivity index (χ4n) is 3.41. The van der Waals surface area contributed by atoms with Gasteiger partial charge in [0, 0.05) is 37.1 Å². The number of hydrogen-bond acceptors (Lipinski definition) is 6. The molecule has 0 aliphatic carbocycles. The maximum absolute atomic E-state index is 12.9. The molecule has 1 saturated heterocycles. The number of carbonyl (C=O) groups excluding carboxylic acids is 1. The summed E-state index contributed by atoms with van der Waals surface area (Å²) in [6, 6.07) is 4.13. The molecule has 0 spiro atoms. The standard InChI is InChI=1S/C17H20N6OS/c1-3-13-15(25-21-20-13)17(24)23-8-4-5-12(10-23)14-7-6-11-9-18-22(2)16(11)19-14/h6-7,9,12H,3-5,8,10H2,1-2H3/t12-/m1/s1. The molecule has 0 saturated carbocycles. The number of likely N-dealkylation sites (tertiary alicyclic amines) is 1. The number of pyridine rings is 1. The molecule has 25 heavy (non-hydrogen) atoms. The summed E-state index contributed by atoms with van der Waals surface area (Å²) in [7, 11) is 1.90. The second-order valence-corrected chi connectivity index (χ2v) is 7.16. The van der Waals surface area contributed by atoms with E-state index in [0.29, 0.717) is 11.4 Å². The maximum Gasteiger partial charge on any atom is 0.267 e. The molecule has 7 nitrogen and oxygen atoms in total. The Labute approximate surface area is 149 Å². The summed E-state index contributed by atoms with van der Waals surface area (Å²) < 4.78 is 5.74. The van der Waals surface area contributed by atoms with Gasteiger partial charge in [-0.25, -0.2) is 4.98 Å². The minimum atomic E-state index is 0.0539. The van der Waals surface area contributed by atoms with Crippen molar-refractivity contribution in [3.63, 3.8) is 0 Å². The molecular formula is C17H20N6OS. The molecule has 3 aromatic heterocycles. The van der Waals surface area contributed by atoms with Crippen LogP contribution in [0.4, 0.5) is 0 Å². The lowest BCUT2D eigenvalue weighted by molar-refractivity contribution is 0.0709. The second-order valence-electron chi connectivity index (χ2n) is 6.41. The van der Waals surface area contributed by atoms with Gasteiger partial charge in [0.1, 0.15) is 4.88 Å². The molecule has 0 radical (unpaired) electrons. The van der Waals surface area contributed by atoms with Crippen LogP contribution in [0, 0.1) is 0 Å². The van der Waals surface area contributed by atoms with E-state index in [1.165, 1.54) is 11.5 Å². The Bertz CT molecular complexity index is 917. The van der Waals surface area contributed by atoms with E-state index >= 15 is 0 Å². The van der Waals surface area contributed by atoms with Crippen LogP contribution in [0.25, 0.3) is 11.0 Å². The molecule has 1 fully saturated rings. The Balaban J connectivity index is 1.57. The van der Waals surface area contributed by atoms with Crippen LogP contribution >= 0.6 is 11.5 Å². The van der Waals surface area contributed by atoms with Crippen LogP contribution in [0.1, 0.15) is 46.7 Å². The highest BCUT2D eigenvalue weighted by Gasteiger charge is 2.29. The van der Waals surface area contributed by atoms with Gasteiger partial charge < -0.3 is 4.90 Å². The lowest BCUT2D eigenvalue weighted by Gasteiger charge is -2.32. The van der Waals surface area contributed by atoms with Gasteiger partial charge in [0.15, 0.2) is 5.65 Å². The predicted octanol–water partition coefficient (Wildman–Crippen LogP) is 2.40. The lowest BCUT2D eigenvalue weighted by atomic mass is 9.94. The molecule has 0 unspecified atom stereocenters. The van der Waals surface area contributed by atoms with Gasteiger partial charge in [-0.05, 0) is 42.9 Å². The summed E-state index contributed by atoms with van der Waals surface area (Å²) in [5, 5.41) is 9.36. The maximum atomic E-state index is 12.9. The van der Waals surface area contributed by atoms with Gasteiger partial charge >= 0.3 is 0 Å². The van der Waals surface area contributed by atoms with Crippen LogP contribution in [0.5, 0.6) is 0 Å². The van der Waals surface area contributed by atoms with Crippen molar-refractivity contribution >= 4 is 28.5 Å². The fourth-order valence-corrected chi connectivity index (χ4v) is 4.13. The van der Waals surface area contributed by atoms with Gasteiger partial charge in [-0.2, -0.15) is 5.10 Å². The van der Waals surface area contributed by atoms with E-state index in [1.807, 2.05) is 25.1 Å². The SMILES string of the molecule is CCc1nnsc1C(=O)N1CCC[C@@H](c2ccc3cnn(C)c3n2)C1. The van der Waals surface area contributed by atoms with E-state index in [0.717, 1.165) is 48.2 Å². The highest BCUT2D eigenvalue weighted by Crippen LogP contribution is 2.28. The van der Waals surface area contributed by atoms with Crippen LogP contribution in [0.3, 0.4) is 0 Å². The third-order valence-electron chi connectivity index (χ3n) is 4.82. The van der Waals surface area contributed by atoms with Gasteiger partial charge in [0.05, 0.1) is 11.9 Å². The van der Waals surface area contributed by atoms with Crippen molar-refractivity contribution in [2.24, 2.45) is 7.05 Å². The monoisotopic (exact) mass is 356 g/mol. The Morgan fingerprint density at radius 2 is 2.28 bits per heavy atom. The number of piperidine rings is 1. The average molecular weight is 356 g/mol. The van der Waals surface area contributed by atoms with Crippen molar-refractivity contribution in [3.8, 4) is 0 Å². The van der Waals surface area contributed by atoms with Crippen LogP contribution in [-0.4, -0.2) is 48.2 Å². The van der Waals surface area contributed by atoms with Crippen molar-refractivity contribution in [2.45, 2.75) is 32.1 Å². The van der Waals surface area contributed by atoms with Crippen LogP contribution in [0.2, 0.25) is 0 Å². The summed E-state index contributed by atoms with van der Waals surface area (Å²) in [5.41, 5.74) is 2.72. The lowest BCUT2D eigenvalue weighted by Crippen LogP contribution is -2.39. The number of aromatic nitrogens is 5. The number of aryl methyl sites for hydroxylation is 2. The van der Waals surface area contributed by atoms with Crippen molar-refractivity contribution in [1.82, 2.24) is 29.3 Å². The average Bonchev–Trinajstić information content (AvgIpc) is 3.28. The van der Waals surface area contributed by atoms with Gasteiger partial charge in [0.25, 0.3) is 5.91 Å². The number of rotatable bonds is 3. The largest absolute Gasteiger partial charge is 0.337 e. The predicted molar refractivity (Wildman–Crippen MR) is 95.7 cm³/mol. The topological polar surface area (TPSA) is 76.8 Å². The van der Waals surface area contributed by atoms with Crippen molar-refractivity contribution < 1.29 is 4.79 Å². The molecule has 130 valence electrons. The third-order valence-corrected chi connectivity index (χ3v) is 5.57. The zero-order chi connectivity index (χ0) is 17.4. The Morgan fingerprint density at radius 1 is 1.40 bits per heavy atom. The molecule has 1 amide bonds. The van der Waals surface area contributed by atoms with Crippen molar-refractivity contribution in [1.29, 1.82) is 0 Å². The summed E-state index contributed by atoms with van der Waals surface area (Å²) in [6.07, 6.45) is 4.58. The van der Waals surface area contributed by atoms with Crippen molar-refractivity contribution in [3.05, 3.63) is 34.6 Å². The highest BCUT2D eigenvalue weighted by atomic mass is 32.1. The van der Waals surface area contributed by atoms with E-state index in [9.17, 15) is 4.79 Å². The molecule has 1 aliphatic heterocycles. The first kappa shape index (κ1) is 16.1. The molecule has 1 atom stereocenters. The summed E-state index contributed by atoms with van der Waals surface area (Å²) >= 11 is 1.20. The highest BCUT2D eigenvalue weighted by molar-refractivity contribution is 7.08. The minimum Gasteiger partial charge on any atom is -0.337 e. The number of hydrogen-bond donors (Lipinski definition) is 0. The zero-order valence-electron chi connectivity index (χ0n) is 14.3. The number of carbonyl (C=O) groups is 1. The van der Waals surface area contributed by atoms with Gasteiger partial charge in [-0.3, -0.25) is 9.48 Å². The summed E-state index contributed by atoms with van der Waals surface area (Å²) in [6.45, 7) is 3.47. The van der Waals surface area contributed by atoms with Crippen LogP contribution in [-0.2, 0) is 13.5 Å².